The van der Waals surface area contributed by atoms with E-state index in [2.05, 4.69) is 13.2 Å². The van der Waals surface area contributed by atoms with Crippen LogP contribution >= 0.6 is 0 Å². The average molecular weight is 672 g/mol. The number of nitrogens with one attached hydrogen (secondary N) is 1. The number of rotatable bonds is 20. The van der Waals surface area contributed by atoms with Gasteiger partial charge < -0.3 is 44.7 Å². The summed E-state index contributed by atoms with van der Waals surface area (Å²) >= 11 is 0. The zero-order chi connectivity index (χ0) is 36.0. The van der Waals surface area contributed by atoms with E-state index in [1.807, 2.05) is 12.2 Å². The maximum absolute atomic E-state index is 12.6. The van der Waals surface area contributed by atoms with E-state index in [-0.39, 0.29) is 50.4 Å². The summed E-state index contributed by atoms with van der Waals surface area (Å²) in [4.78, 5) is 58.2. The van der Waals surface area contributed by atoms with Crippen LogP contribution in [0.4, 0.5) is 0 Å². The number of aliphatic hydroxyl groups excluding tert-OH is 2. The quantitative estimate of drug-likeness (QED) is 0.0776. The van der Waals surface area contributed by atoms with Gasteiger partial charge in [-0.25, -0.2) is 19.2 Å². The zero-order valence-electron chi connectivity index (χ0n) is 27.0. The van der Waals surface area contributed by atoms with E-state index in [4.69, 9.17) is 29.2 Å². The number of carboxylic acid groups (broad SMARTS) is 2. The lowest BCUT2D eigenvalue weighted by Crippen LogP contribution is -2.46. The largest absolute Gasteiger partial charge is 0.491 e. The summed E-state index contributed by atoms with van der Waals surface area (Å²) in [5, 5.41) is 40.5. The Kier molecular flexibility index (Phi) is 14.8. The highest BCUT2D eigenvalue weighted by Crippen LogP contribution is 2.38. The van der Waals surface area contributed by atoms with Crippen LogP contribution in [0, 0.1) is 0 Å². The van der Waals surface area contributed by atoms with Crippen LogP contribution in [0.2, 0.25) is 0 Å². The molecular formula is C34H41NO13. The normalized spacial score (nSPS) is 13.3. The van der Waals surface area contributed by atoms with E-state index in [1.165, 1.54) is 13.8 Å². The fourth-order valence-corrected chi connectivity index (χ4v) is 4.19. The maximum Gasteiger partial charge on any atom is 0.338 e. The summed E-state index contributed by atoms with van der Waals surface area (Å²) in [5.41, 5.74) is 0.957. The van der Waals surface area contributed by atoms with Crippen molar-refractivity contribution in [3.8, 4) is 11.5 Å². The Balaban J connectivity index is 2.20. The van der Waals surface area contributed by atoms with Gasteiger partial charge in [-0.2, -0.15) is 0 Å². The Morgan fingerprint density at radius 1 is 0.708 bits per heavy atom. The van der Waals surface area contributed by atoms with Crippen LogP contribution in [-0.2, 0) is 38.9 Å². The van der Waals surface area contributed by atoms with Gasteiger partial charge in [0.1, 0.15) is 50.1 Å². The third-order valence-electron chi connectivity index (χ3n) is 7.03. The summed E-state index contributed by atoms with van der Waals surface area (Å²) in [5.74, 6) is -4.67. The first-order valence-corrected chi connectivity index (χ1v) is 14.8. The molecule has 0 bridgehead atoms. The SMILES string of the molecule is C=C(C)C(=O)OCC(O)COc1ccc(C(C)(CCC(=O)NC(C(=O)O)C(=O)O)c2ccc(OCC(O)COC(=O)C(=C)C)cc2)cc1. The van der Waals surface area contributed by atoms with Gasteiger partial charge >= 0.3 is 23.9 Å². The number of ether oxygens (including phenoxy) is 4. The molecule has 0 saturated carbocycles. The zero-order valence-corrected chi connectivity index (χ0v) is 27.0. The molecule has 0 saturated heterocycles. The molecule has 2 rings (SSSR count). The number of carbonyl (C=O) groups excluding carboxylic acids is 3. The predicted octanol–water partition coefficient (Wildman–Crippen LogP) is 2.14. The van der Waals surface area contributed by atoms with E-state index in [0.717, 1.165) is 11.1 Å². The fourth-order valence-electron chi connectivity index (χ4n) is 4.19. The van der Waals surface area contributed by atoms with Crippen molar-refractivity contribution in [3.63, 3.8) is 0 Å². The lowest BCUT2D eigenvalue weighted by Gasteiger charge is -2.31. The third kappa shape index (κ3) is 12.2. The standard InChI is InChI=1S/C34H41NO13/c1-20(2)32(43)47-18-24(36)16-45-26-10-6-22(7-11-26)34(5,15-14-28(38)35-29(30(39)40)31(41)42)23-8-12-27(13-9-23)46-17-25(37)19-48-33(44)21(3)4/h6-13,24-25,29,36-37H,1,3,14-19H2,2,4-5H3,(H,35,38)(H,39,40)(H,41,42). The number of benzene rings is 2. The molecule has 2 aromatic carbocycles. The average Bonchev–Trinajstić information content (AvgIpc) is 3.05. The molecule has 48 heavy (non-hydrogen) atoms. The Hall–Kier alpha value is -5.21. The van der Waals surface area contributed by atoms with Crippen molar-refractivity contribution in [2.75, 3.05) is 26.4 Å². The summed E-state index contributed by atoms with van der Waals surface area (Å²) in [6.07, 6.45) is -2.28. The fraction of sp³-hybridized carbons (Fsp3) is 0.382. The van der Waals surface area contributed by atoms with E-state index in [9.17, 15) is 34.2 Å². The molecule has 5 N–H and O–H groups in total. The minimum absolute atomic E-state index is 0.130. The van der Waals surface area contributed by atoms with Crippen LogP contribution in [0.1, 0.15) is 44.7 Å². The summed E-state index contributed by atoms with van der Waals surface area (Å²) in [7, 11) is 0. The van der Waals surface area contributed by atoms with Crippen LogP contribution < -0.4 is 14.8 Å². The van der Waals surface area contributed by atoms with Crippen molar-refractivity contribution < 1.29 is 63.3 Å². The third-order valence-corrected chi connectivity index (χ3v) is 7.03. The van der Waals surface area contributed by atoms with Crippen molar-refractivity contribution in [1.29, 1.82) is 0 Å². The monoisotopic (exact) mass is 671 g/mol. The summed E-state index contributed by atoms with van der Waals surface area (Å²) < 4.78 is 21.1. The molecule has 1 amide bonds. The lowest BCUT2D eigenvalue weighted by atomic mass is 9.73. The predicted molar refractivity (Wildman–Crippen MR) is 170 cm³/mol. The second kappa shape index (κ2) is 18.2. The van der Waals surface area contributed by atoms with Crippen molar-refractivity contribution in [1.82, 2.24) is 5.32 Å². The molecule has 14 nitrogen and oxygen atoms in total. The smallest absolute Gasteiger partial charge is 0.338 e. The van der Waals surface area contributed by atoms with Gasteiger partial charge in [0.2, 0.25) is 11.9 Å². The van der Waals surface area contributed by atoms with E-state index in [1.54, 1.807) is 48.5 Å². The van der Waals surface area contributed by atoms with Crippen molar-refractivity contribution in [2.24, 2.45) is 0 Å². The van der Waals surface area contributed by atoms with Crippen LogP contribution in [0.15, 0.2) is 72.8 Å². The van der Waals surface area contributed by atoms with Crippen LogP contribution in [0.5, 0.6) is 11.5 Å². The second-order valence-corrected chi connectivity index (χ2v) is 11.2. The number of esters is 2. The Morgan fingerprint density at radius 3 is 1.42 bits per heavy atom. The highest BCUT2D eigenvalue weighted by atomic mass is 16.6. The molecule has 2 unspecified atom stereocenters. The van der Waals surface area contributed by atoms with Crippen molar-refractivity contribution in [2.45, 2.75) is 57.3 Å². The minimum Gasteiger partial charge on any atom is -0.491 e. The highest BCUT2D eigenvalue weighted by molar-refractivity contribution is 6.00. The van der Waals surface area contributed by atoms with Gasteiger partial charge in [-0.15, -0.1) is 0 Å². The molecule has 0 radical (unpaired) electrons. The molecule has 0 fully saturated rings. The van der Waals surface area contributed by atoms with Crippen LogP contribution in [0.25, 0.3) is 0 Å². The molecule has 0 aliphatic carbocycles. The van der Waals surface area contributed by atoms with Crippen LogP contribution in [-0.4, -0.2) is 94.9 Å². The van der Waals surface area contributed by atoms with Gasteiger partial charge in [0.15, 0.2) is 0 Å². The molecule has 0 aromatic heterocycles. The first kappa shape index (κ1) is 39.0. The molecule has 0 heterocycles. The molecular weight excluding hydrogens is 630 g/mol. The molecule has 14 heteroatoms. The number of hydrogen-bond acceptors (Lipinski definition) is 11. The second-order valence-electron chi connectivity index (χ2n) is 11.2. The van der Waals surface area contributed by atoms with Gasteiger partial charge in [-0.3, -0.25) is 4.79 Å². The van der Waals surface area contributed by atoms with Gasteiger partial charge in [-0.05, 0) is 55.7 Å². The van der Waals surface area contributed by atoms with Crippen LogP contribution in [0.3, 0.4) is 0 Å². The van der Waals surface area contributed by atoms with E-state index >= 15 is 0 Å². The number of aliphatic hydroxyl groups is 2. The lowest BCUT2D eigenvalue weighted by molar-refractivity contribution is -0.153. The molecule has 0 aliphatic rings. The molecule has 0 spiro atoms. The molecule has 2 atom stereocenters. The Labute approximate surface area is 277 Å². The first-order valence-electron chi connectivity index (χ1n) is 14.8. The van der Waals surface area contributed by atoms with E-state index < -0.39 is 53.4 Å². The summed E-state index contributed by atoms with van der Waals surface area (Å²) in [6, 6.07) is 11.4. The number of amides is 1. The highest BCUT2D eigenvalue weighted by Gasteiger charge is 2.32. The van der Waals surface area contributed by atoms with Gasteiger partial charge in [0.25, 0.3) is 0 Å². The number of aliphatic carboxylic acids is 2. The maximum atomic E-state index is 12.6. The van der Waals surface area contributed by atoms with Crippen molar-refractivity contribution >= 4 is 29.8 Å². The van der Waals surface area contributed by atoms with Gasteiger partial charge in [-0.1, -0.05) is 44.3 Å². The molecule has 260 valence electrons. The van der Waals surface area contributed by atoms with Crippen molar-refractivity contribution in [3.05, 3.63) is 84.0 Å². The number of carboxylic acids is 2. The van der Waals surface area contributed by atoms with E-state index in [0.29, 0.717) is 11.5 Å². The summed E-state index contributed by atoms with van der Waals surface area (Å²) in [6.45, 7) is 10.9. The Morgan fingerprint density at radius 2 is 1.08 bits per heavy atom. The topological polar surface area (TPSA) is 215 Å². The molecule has 2 aromatic rings. The first-order chi connectivity index (χ1) is 22.5. The van der Waals surface area contributed by atoms with Gasteiger partial charge in [0.05, 0.1) is 0 Å². The number of carbonyl (C=O) groups is 5. The number of hydrogen-bond donors (Lipinski definition) is 5. The molecule has 0 aliphatic heterocycles. The Bertz CT molecular complexity index is 1370. The minimum atomic E-state index is -2.10. The van der Waals surface area contributed by atoms with Gasteiger partial charge in [0, 0.05) is 23.0 Å².